The van der Waals surface area contributed by atoms with Crippen LogP contribution < -0.4 is 4.74 Å². The first kappa shape index (κ1) is 17.5. The molecular formula is C17H26FN3O2. The molecule has 1 aromatic rings. The molecule has 23 heavy (non-hydrogen) atoms. The van der Waals surface area contributed by atoms with E-state index in [2.05, 4.69) is 4.90 Å². The molecule has 0 bridgehead atoms. The lowest BCUT2D eigenvalue weighted by molar-refractivity contribution is 0.106. The summed E-state index contributed by atoms with van der Waals surface area (Å²) in [6, 6.07) is 6.56. The second-order valence-corrected chi connectivity index (χ2v) is 5.56. The van der Waals surface area contributed by atoms with Gasteiger partial charge in [-0.15, -0.1) is 0 Å². The number of carbonyl (C=O) groups is 1. The van der Waals surface area contributed by atoms with E-state index in [9.17, 15) is 9.18 Å². The van der Waals surface area contributed by atoms with Crippen molar-refractivity contribution in [2.75, 3.05) is 52.4 Å². The van der Waals surface area contributed by atoms with Crippen molar-refractivity contribution in [3.63, 3.8) is 0 Å². The highest BCUT2D eigenvalue weighted by atomic mass is 19.1. The monoisotopic (exact) mass is 323 g/mol. The fraction of sp³-hybridized carbons (Fsp3) is 0.588. The second-order valence-electron chi connectivity index (χ2n) is 5.56. The minimum atomic E-state index is -0.331. The summed E-state index contributed by atoms with van der Waals surface area (Å²) >= 11 is 0. The number of para-hydroxylation sites is 1. The van der Waals surface area contributed by atoms with E-state index >= 15 is 0 Å². The maximum atomic E-state index is 13.5. The fourth-order valence-corrected chi connectivity index (χ4v) is 2.70. The van der Waals surface area contributed by atoms with Crippen molar-refractivity contribution in [3.05, 3.63) is 30.1 Å². The molecule has 2 amide bonds. The van der Waals surface area contributed by atoms with Gasteiger partial charge in [-0.1, -0.05) is 12.1 Å². The minimum absolute atomic E-state index is 0.122. The van der Waals surface area contributed by atoms with Crippen molar-refractivity contribution >= 4 is 6.03 Å². The van der Waals surface area contributed by atoms with Gasteiger partial charge in [0.25, 0.3) is 0 Å². The maximum absolute atomic E-state index is 13.5. The Morgan fingerprint density at radius 1 is 1.17 bits per heavy atom. The van der Waals surface area contributed by atoms with E-state index in [-0.39, 0.29) is 11.8 Å². The number of halogens is 1. The molecule has 128 valence electrons. The quantitative estimate of drug-likeness (QED) is 0.806. The van der Waals surface area contributed by atoms with Gasteiger partial charge in [0.2, 0.25) is 0 Å². The van der Waals surface area contributed by atoms with E-state index in [1.54, 1.807) is 18.2 Å². The van der Waals surface area contributed by atoms with Gasteiger partial charge in [-0.2, -0.15) is 0 Å². The molecule has 0 aromatic heterocycles. The summed E-state index contributed by atoms with van der Waals surface area (Å²) in [4.78, 5) is 18.3. The number of piperazine rings is 1. The summed E-state index contributed by atoms with van der Waals surface area (Å²) in [5, 5.41) is 0. The highest BCUT2D eigenvalue weighted by Gasteiger charge is 2.23. The Labute approximate surface area is 137 Å². The summed E-state index contributed by atoms with van der Waals surface area (Å²) in [6.07, 6.45) is 0. The number of carbonyl (C=O) groups excluding carboxylic acids is 1. The molecule has 1 fully saturated rings. The van der Waals surface area contributed by atoms with Gasteiger partial charge in [-0.25, -0.2) is 9.18 Å². The van der Waals surface area contributed by atoms with Gasteiger partial charge >= 0.3 is 6.03 Å². The first-order valence-corrected chi connectivity index (χ1v) is 8.29. The topological polar surface area (TPSA) is 36.0 Å². The average molecular weight is 323 g/mol. The van der Waals surface area contributed by atoms with Crippen LogP contribution in [0.25, 0.3) is 0 Å². The Morgan fingerprint density at radius 2 is 1.83 bits per heavy atom. The summed E-state index contributed by atoms with van der Waals surface area (Å²) in [5.74, 6) is -0.0371. The van der Waals surface area contributed by atoms with E-state index < -0.39 is 0 Å². The summed E-state index contributed by atoms with van der Waals surface area (Å²) in [6.45, 7) is 9.78. The number of rotatable bonds is 6. The molecule has 1 aliphatic heterocycles. The Bertz CT molecular complexity index is 500. The molecule has 0 spiro atoms. The molecule has 0 unspecified atom stereocenters. The molecular weight excluding hydrogens is 297 g/mol. The number of ether oxygens (including phenoxy) is 1. The number of benzene rings is 1. The van der Waals surface area contributed by atoms with E-state index in [1.165, 1.54) is 6.07 Å². The van der Waals surface area contributed by atoms with Gasteiger partial charge < -0.3 is 14.5 Å². The lowest BCUT2D eigenvalue weighted by Gasteiger charge is -2.37. The zero-order valence-corrected chi connectivity index (χ0v) is 14.0. The van der Waals surface area contributed by atoms with E-state index in [4.69, 9.17) is 4.74 Å². The van der Waals surface area contributed by atoms with Crippen molar-refractivity contribution < 1.29 is 13.9 Å². The fourth-order valence-electron chi connectivity index (χ4n) is 2.70. The molecule has 5 nitrogen and oxygen atoms in total. The lowest BCUT2D eigenvalue weighted by atomic mass is 10.3. The Morgan fingerprint density at radius 3 is 2.43 bits per heavy atom. The Hall–Kier alpha value is -1.82. The highest BCUT2D eigenvalue weighted by molar-refractivity contribution is 5.74. The Kier molecular flexibility index (Phi) is 6.65. The maximum Gasteiger partial charge on any atom is 0.320 e. The first-order valence-electron chi connectivity index (χ1n) is 8.29. The van der Waals surface area contributed by atoms with E-state index in [1.807, 2.05) is 23.6 Å². The van der Waals surface area contributed by atoms with Crippen LogP contribution in [0.3, 0.4) is 0 Å². The van der Waals surface area contributed by atoms with E-state index in [0.717, 1.165) is 45.8 Å². The number of nitrogens with zero attached hydrogens (tertiary/aromatic N) is 3. The van der Waals surface area contributed by atoms with Crippen LogP contribution in [0.15, 0.2) is 24.3 Å². The summed E-state index contributed by atoms with van der Waals surface area (Å²) in [7, 11) is 0. The molecule has 0 radical (unpaired) electrons. The zero-order chi connectivity index (χ0) is 16.7. The molecule has 0 saturated carbocycles. The molecule has 0 aliphatic carbocycles. The highest BCUT2D eigenvalue weighted by Crippen LogP contribution is 2.15. The normalized spacial score (nSPS) is 15.5. The summed E-state index contributed by atoms with van der Waals surface area (Å²) < 4.78 is 18.9. The van der Waals surface area contributed by atoms with Gasteiger partial charge in [-0.3, -0.25) is 4.90 Å². The van der Waals surface area contributed by atoms with Gasteiger partial charge in [0, 0.05) is 45.8 Å². The average Bonchev–Trinajstić information content (AvgIpc) is 2.58. The van der Waals surface area contributed by atoms with Crippen LogP contribution >= 0.6 is 0 Å². The molecule has 1 heterocycles. The largest absolute Gasteiger partial charge is 0.489 e. The van der Waals surface area contributed by atoms with Gasteiger partial charge in [0.05, 0.1) is 0 Å². The van der Waals surface area contributed by atoms with Crippen LogP contribution in [-0.4, -0.2) is 73.2 Å². The lowest BCUT2D eigenvalue weighted by Crippen LogP contribution is -2.53. The smallest absolute Gasteiger partial charge is 0.320 e. The molecule has 2 rings (SSSR count). The zero-order valence-electron chi connectivity index (χ0n) is 14.0. The van der Waals surface area contributed by atoms with Crippen molar-refractivity contribution in [2.45, 2.75) is 13.8 Å². The molecule has 1 aromatic carbocycles. The molecule has 6 heteroatoms. The number of urea groups is 1. The number of amides is 2. The predicted octanol–water partition coefficient (Wildman–Crippen LogP) is 2.28. The van der Waals surface area contributed by atoms with E-state index in [0.29, 0.717) is 12.4 Å². The van der Waals surface area contributed by atoms with Crippen molar-refractivity contribution in [2.24, 2.45) is 0 Å². The van der Waals surface area contributed by atoms with Crippen molar-refractivity contribution in [1.29, 1.82) is 0 Å². The van der Waals surface area contributed by atoms with Crippen LogP contribution in [0.1, 0.15) is 13.8 Å². The van der Waals surface area contributed by atoms with Crippen LogP contribution in [0.5, 0.6) is 5.75 Å². The van der Waals surface area contributed by atoms with Crippen LogP contribution in [0, 0.1) is 5.82 Å². The number of hydrogen-bond acceptors (Lipinski definition) is 3. The third kappa shape index (κ3) is 4.82. The third-order valence-corrected chi connectivity index (χ3v) is 4.18. The third-order valence-electron chi connectivity index (χ3n) is 4.18. The van der Waals surface area contributed by atoms with Crippen molar-refractivity contribution in [1.82, 2.24) is 14.7 Å². The Balaban J connectivity index is 1.71. The minimum Gasteiger partial charge on any atom is -0.489 e. The molecule has 0 atom stereocenters. The standard InChI is InChI=1S/C17H26FN3O2/c1-3-20(4-2)17(22)21-11-9-19(10-12-21)13-14-23-16-8-6-5-7-15(16)18/h5-8H,3-4,9-14H2,1-2H3. The van der Waals surface area contributed by atoms with Crippen molar-refractivity contribution in [3.8, 4) is 5.75 Å². The SMILES string of the molecule is CCN(CC)C(=O)N1CCN(CCOc2ccccc2F)CC1. The first-order chi connectivity index (χ1) is 11.2. The van der Waals surface area contributed by atoms with Crippen LogP contribution in [-0.2, 0) is 0 Å². The van der Waals surface area contributed by atoms with Gasteiger partial charge in [0.1, 0.15) is 6.61 Å². The predicted molar refractivity (Wildman–Crippen MR) is 88.2 cm³/mol. The van der Waals surface area contributed by atoms with Crippen LogP contribution in [0.2, 0.25) is 0 Å². The molecule has 1 saturated heterocycles. The molecule has 1 aliphatic rings. The van der Waals surface area contributed by atoms with Gasteiger partial charge in [-0.05, 0) is 26.0 Å². The molecule has 0 N–H and O–H groups in total. The second kappa shape index (κ2) is 8.72. The van der Waals surface area contributed by atoms with Crippen LogP contribution in [0.4, 0.5) is 9.18 Å². The summed E-state index contributed by atoms with van der Waals surface area (Å²) in [5.41, 5.74) is 0. The van der Waals surface area contributed by atoms with Gasteiger partial charge in [0.15, 0.2) is 11.6 Å². The number of hydrogen-bond donors (Lipinski definition) is 0.